The molecule has 0 spiro atoms. The minimum Gasteiger partial charge on any atom is -0.411 e. The number of nitrogens with zero attached hydrogens (tertiary/aromatic N) is 3. The van der Waals surface area contributed by atoms with Crippen molar-refractivity contribution in [1.29, 1.82) is 0 Å². The smallest absolute Gasteiger partial charge is 0.311 e. The predicted molar refractivity (Wildman–Crippen MR) is 105 cm³/mol. The van der Waals surface area contributed by atoms with Crippen LogP contribution in [0.4, 0.5) is 10.1 Å². The Labute approximate surface area is 170 Å². The summed E-state index contributed by atoms with van der Waals surface area (Å²) in [5, 5.41) is 7.71. The van der Waals surface area contributed by atoms with Crippen LogP contribution in [0.2, 0.25) is 0 Å². The number of halogens is 1. The van der Waals surface area contributed by atoms with E-state index >= 15 is 0 Å². The third-order valence-electron chi connectivity index (χ3n) is 4.47. The van der Waals surface area contributed by atoms with Crippen LogP contribution in [-0.4, -0.2) is 42.5 Å². The van der Waals surface area contributed by atoms with Gasteiger partial charge in [0.2, 0.25) is 0 Å². The zero-order valence-corrected chi connectivity index (χ0v) is 17.0. The van der Waals surface area contributed by atoms with Gasteiger partial charge in [0.05, 0.1) is 4.88 Å². The summed E-state index contributed by atoms with van der Waals surface area (Å²) in [7, 11) is -3.89. The van der Waals surface area contributed by atoms with Gasteiger partial charge in [-0.2, -0.15) is 0 Å². The Bertz CT molecular complexity index is 1150. The molecule has 2 aromatic heterocycles. The molecule has 152 valence electrons. The molecular weight excluding hydrogens is 419 g/mol. The molecule has 0 aliphatic carbocycles. The fourth-order valence-electron chi connectivity index (χ4n) is 3.03. The summed E-state index contributed by atoms with van der Waals surface area (Å²) in [6, 6.07) is 6.43. The molecule has 1 aliphatic rings. The number of anilines is 1. The monoisotopic (exact) mass is 436 g/mol. The Hall–Kier alpha value is -2.79. The van der Waals surface area contributed by atoms with Crippen LogP contribution >= 0.6 is 11.3 Å². The Morgan fingerprint density at radius 3 is 2.59 bits per heavy atom. The van der Waals surface area contributed by atoms with Gasteiger partial charge < -0.3 is 9.32 Å². The summed E-state index contributed by atoms with van der Waals surface area (Å²) in [5.41, 5.74) is 0.245. The fourth-order valence-corrected chi connectivity index (χ4v) is 5.60. The van der Waals surface area contributed by atoms with E-state index in [2.05, 4.69) is 14.9 Å². The highest BCUT2D eigenvalue weighted by Crippen LogP contribution is 2.34. The summed E-state index contributed by atoms with van der Waals surface area (Å²) < 4.78 is 46.4. The lowest BCUT2D eigenvalue weighted by atomic mass is 10.3. The van der Waals surface area contributed by atoms with Crippen molar-refractivity contribution in [3.63, 3.8) is 0 Å². The number of carbonyl (C=O) groups is 1. The van der Waals surface area contributed by atoms with E-state index in [1.165, 1.54) is 30.3 Å². The second-order valence-electron chi connectivity index (χ2n) is 6.56. The van der Waals surface area contributed by atoms with Crippen LogP contribution in [0.3, 0.4) is 0 Å². The second kappa shape index (κ2) is 7.56. The van der Waals surface area contributed by atoms with E-state index < -0.39 is 15.8 Å². The molecule has 1 fully saturated rings. The topological polar surface area (TPSA) is 105 Å². The van der Waals surface area contributed by atoms with Crippen molar-refractivity contribution in [2.24, 2.45) is 0 Å². The van der Waals surface area contributed by atoms with Crippen molar-refractivity contribution >= 4 is 33.0 Å². The highest BCUT2D eigenvalue weighted by atomic mass is 32.2. The predicted octanol–water partition coefficient (Wildman–Crippen LogP) is 3.28. The lowest BCUT2D eigenvalue weighted by Gasteiger charge is -2.11. The number of likely N-dealkylation sites (tertiary alicyclic amines) is 1. The Morgan fingerprint density at radius 1 is 1.21 bits per heavy atom. The van der Waals surface area contributed by atoms with E-state index in [1.54, 1.807) is 11.8 Å². The Kier molecular flexibility index (Phi) is 5.09. The van der Waals surface area contributed by atoms with Crippen molar-refractivity contribution in [2.45, 2.75) is 24.7 Å². The number of aromatic nitrogens is 2. The van der Waals surface area contributed by atoms with Gasteiger partial charge >= 0.3 is 11.8 Å². The normalized spacial score (nSPS) is 14.3. The van der Waals surface area contributed by atoms with E-state index in [9.17, 15) is 17.6 Å². The van der Waals surface area contributed by atoms with Crippen molar-refractivity contribution in [1.82, 2.24) is 15.1 Å². The van der Waals surface area contributed by atoms with Crippen molar-refractivity contribution in [3.8, 4) is 10.8 Å². The van der Waals surface area contributed by atoms with Gasteiger partial charge in [0.25, 0.3) is 15.9 Å². The maximum atomic E-state index is 13.0. The molecule has 8 nitrogen and oxygen atoms in total. The van der Waals surface area contributed by atoms with Crippen LogP contribution in [0.15, 0.2) is 39.6 Å². The lowest BCUT2D eigenvalue weighted by Crippen LogP contribution is -2.27. The van der Waals surface area contributed by atoms with Gasteiger partial charge in [0.15, 0.2) is 0 Å². The Morgan fingerprint density at radius 2 is 1.90 bits per heavy atom. The summed E-state index contributed by atoms with van der Waals surface area (Å²) in [6.45, 7) is 2.97. The molecular formula is C18H17FN4O4S2. The van der Waals surface area contributed by atoms with Crippen LogP contribution in [-0.2, 0) is 10.0 Å². The molecule has 0 unspecified atom stereocenters. The summed E-state index contributed by atoms with van der Waals surface area (Å²) in [4.78, 5) is 15.0. The number of rotatable bonds is 5. The van der Waals surface area contributed by atoms with Gasteiger partial charge in [-0.15, -0.1) is 21.5 Å². The third kappa shape index (κ3) is 4.01. The maximum Gasteiger partial charge on any atom is 0.311 e. The van der Waals surface area contributed by atoms with E-state index in [4.69, 9.17) is 4.42 Å². The number of carbonyl (C=O) groups excluding carboxylic acids is 1. The molecule has 1 aromatic carbocycles. The third-order valence-corrected chi connectivity index (χ3v) is 7.15. The second-order valence-corrected chi connectivity index (χ2v) is 9.46. The van der Waals surface area contributed by atoms with Crippen molar-refractivity contribution < 1.29 is 22.0 Å². The molecule has 0 bridgehead atoms. The molecule has 11 heteroatoms. The summed E-state index contributed by atoms with van der Waals surface area (Å²) in [6.07, 6.45) is 1.89. The average Bonchev–Trinajstić information content (AvgIpc) is 3.43. The molecule has 1 aliphatic heterocycles. The minimum absolute atomic E-state index is 0.0486. The van der Waals surface area contributed by atoms with E-state index in [0.29, 0.717) is 22.8 Å². The number of hydrogen-bond acceptors (Lipinski definition) is 7. The molecule has 3 aromatic rings. The Balaban J connectivity index is 1.57. The van der Waals surface area contributed by atoms with E-state index in [1.807, 2.05) is 0 Å². The zero-order valence-electron chi connectivity index (χ0n) is 15.4. The number of sulfonamides is 1. The fraction of sp³-hybridized carbons (Fsp3) is 0.278. The first-order valence-corrected chi connectivity index (χ1v) is 11.2. The number of amides is 1. The number of hydrogen-bond donors (Lipinski definition) is 1. The molecule has 1 saturated heterocycles. The molecule has 1 amide bonds. The lowest BCUT2D eigenvalue weighted by molar-refractivity contribution is 0.0754. The number of thiophene rings is 1. The number of benzene rings is 1. The zero-order chi connectivity index (χ0) is 20.6. The van der Waals surface area contributed by atoms with Crippen LogP contribution in [0.25, 0.3) is 10.8 Å². The van der Waals surface area contributed by atoms with Gasteiger partial charge in [-0.1, -0.05) is 0 Å². The molecule has 3 heterocycles. The molecule has 1 N–H and O–H groups in total. The number of aryl methyl sites for hydroxylation is 1. The largest absolute Gasteiger partial charge is 0.411 e. The minimum atomic E-state index is -3.89. The quantitative estimate of drug-likeness (QED) is 0.658. The molecule has 4 rings (SSSR count). The van der Waals surface area contributed by atoms with Crippen LogP contribution < -0.4 is 4.72 Å². The molecule has 0 saturated carbocycles. The van der Waals surface area contributed by atoms with Gasteiger partial charge in [-0.3, -0.25) is 9.52 Å². The standard InChI is InChI=1S/C18H17FN4O4S2/c1-11-15(29(25,26)22-13-6-4-12(19)5-7-13)10-14(28-11)16-20-21-17(27-16)18(24)23-8-2-3-9-23/h4-7,10,22H,2-3,8-9H2,1H3. The van der Waals surface area contributed by atoms with Crippen LogP contribution in [0, 0.1) is 12.7 Å². The first kappa shape index (κ1) is 19.5. The average molecular weight is 436 g/mol. The van der Waals surface area contributed by atoms with Crippen LogP contribution in [0.5, 0.6) is 0 Å². The van der Waals surface area contributed by atoms with Gasteiger partial charge in [0.1, 0.15) is 10.7 Å². The molecule has 0 radical (unpaired) electrons. The van der Waals surface area contributed by atoms with E-state index in [0.717, 1.165) is 24.2 Å². The highest BCUT2D eigenvalue weighted by molar-refractivity contribution is 7.93. The van der Waals surface area contributed by atoms with E-state index in [-0.39, 0.29) is 28.3 Å². The van der Waals surface area contributed by atoms with Crippen molar-refractivity contribution in [2.75, 3.05) is 17.8 Å². The van der Waals surface area contributed by atoms with Gasteiger partial charge in [-0.25, -0.2) is 12.8 Å². The summed E-state index contributed by atoms with van der Waals surface area (Å²) in [5.74, 6) is -0.802. The van der Waals surface area contributed by atoms with Gasteiger partial charge in [-0.05, 0) is 50.1 Å². The highest BCUT2D eigenvalue weighted by Gasteiger charge is 2.27. The molecule has 0 atom stereocenters. The first-order chi connectivity index (χ1) is 13.8. The van der Waals surface area contributed by atoms with Crippen LogP contribution in [0.1, 0.15) is 28.4 Å². The summed E-state index contributed by atoms with van der Waals surface area (Å²) >= 11 is 1.16. The van der Waals surface area contributed by atoms with Gasteiger partial charge in [0, 0.05) is 23.7 Å². The SMILES string of the molecule is Cc1sc(-c2nnc(C(=O)N3CCCC3)o2)cc1S(=O)(=O)Nc1ccc(F)cc1. The number of nitrogens with one attached hydrogen (secondary N) is 1. The maximum absolute atomic E-state index is 13.0. The van der Waals surface area contributed by atoms with Crippen molar-refractivity contribution in [3.05, 3.63) is 46.9 Å². The molecule has 29 heavy (non-hydrogen) atoms. The first-order valence-electron chi connectivity index (χ1n) is 8.85.